The van der Waals surface area contributed by atoms with Crippen molar-refractivity contribution in [3.05, 3.63) is 15.6 Å². The van der Waals surface area contributed by atoms with E-state index in [2.05, 4.69) is 11.9 Å². The minimum absolute atomic E-state index is 0. The molecule has 1 aromatic rings. The first-order valence-corrected chi connectivity index (χ1v) is 7.81. The molecule has 0 aliphatic carbocycles. The fraction of sp³-hybridized carbons (Fsp3) is 0.714. The van der Waals surface area contributed by atoms with Crippen LogP contribution in [0.1, 0.15) is 34.3 Å². The van der Waals surface area contributed by atoms with Crippen LogP contribution in [0.2, 0.25) is 0 Å². The van der Waals surface area contributed by atoms with Gasteiger partial charge in [0.25, 0.3) is 0 Å². The Morgan fingerprint density at radius 1 is 1.50 bits per heavy atom. The monoisotopic (exact) mass is 369 g/mol. The summed E-state index contributed by atoms with van der Waals surface area (Å²) in [6, 6.07) is -0.557. The van der Waals surface area contributed by atoms with Crippen LogP contribution >= 0.6 is 36.2 Å². The number of piperidine rings is 1. The Kier molecular flexibility index (Phi) is 9.50. The molecule has 1 aliphatic rings. The van der Waals surface area contributed by atoms with E-state index in [4.69, 9.17) is 10.5 Å². The number of aromatic nitrogens is 1. The summed E-state index contributed by atoms with van der Waals surface area (Å²) in [5, 5.41) is 1.15. The molecule has 0 saturated carbocycles. The molecule has 2 heterocycles. The molecular weight excluding hydrogens is 345 g/mol. The highest BCUT2D eigenvalue weighted by molar-refractivity contribution is 7.11. The minimum atomic E-state index is -0.557. The first-order chi connectivity index (χ1) is 9.52. The van der Waals surface area contributed by atoms with Crippen LogP contribution < -0.4 is 5.73 Å². The Hall–Kier alpha value is -0.400. The number of methoxy groups -OCH3 is 1. The Bertz CT molecular complexity index is 465. The van der Waals surface area contributed by atoms with Crippen molar-refractivity contribution in [3.63, 3.8) is 0 Å². The molecule has 8 heteroatoms. The lowest BCUT2D eigenvalue weighted by molar-refractivity contribution is -0.135. The van der Waals surface area contributed by atoms with Crippen molar-refractivity contribution in [1.82, 2.24) is 9.88 Å². The fourth-order valence-electron chi connectivity index (χ4n) is 2.54. The number of aryl methyl sites for hydroxylation is 2. The molecule has 2 atom stereocenters. The first-order valence-electron chi connectivity index (χ1n) is 7.00. The quantitative estimate of drug-likeness (QED) is 0.883. The maximum Gasteiger partial charge on any atom is 0.241 e. The largest absolute Gasteiger partial charge is 0.383 e. The highest BCUT2D eigenvalue weighted by atomic mass is 35.5. The van der Waals surface area contributed by atoms with Gasteiger partial charge in [-0.25, -0.2) is 4.98 Å². The van der Waals surface area contributed by atoms with Crippen LogP contribution in [0.5, 0.6) is 0 Å². The van der Waals surface area contributed by atoms with Gasteiger partial charge in [-0.3, -0.25) is 4.79 Å². The third-order valence-electron chi connectivity index (χ3n) is 3.79. The van der Waals surface area contributed by atoms with Gasteiger partial charge in [-0.05, 0) is 26.7 Å². The van der Waals surface area contributed by atoms with Gasteiger partial charge in [0, 0.05) is 31.0 Å². The number of carbonyl (C=O) groups excluding carboxylic acids is 1. The van der Waals surface area contributed by atoms with E-state index in [1.807, 2.05) is 11.8 Å². The second-order valence-corrected chi connectivity index (χ2v) is 6.61. The molecule has 128 valence electrons. The minimum Gasteiger partial charge on any atom is -0.383 e. The van der Waals surface area contributed by atoms with Crippen molar-refractivity contribution in [1.29, 1.82) is 0 Å². The van der Waals surface area contributed by atoms with Crippen LogP contribution in [0.25, 0.3) is 0 Å². The van der Waals surface area contributed by atoms with Gasteiger partial charge in [0.05, 0.1) is 17.3 Å². The maximum absolute atomic E-state index is 12.2. The Labute approximate surface area is 148 Å². The maximum atomic E-state index is 12.2. The SMILES string of the molecule is COCC(N)C(=O)N1CCCC(c2nc(C)c(C)s2)C1.Cl.Cl. The molecule has 2 rings (SSSR count). The van der Waals surface area contributed by atoms with Gasteiger partial charge in [0.2, 0.25) is 5.91 Å². The summed E-state index contributed by atoms with van der Waals surface area (Å²) >= 11 is 1.75. The first kappa shape index (κ1) is 21.6. The van der Waals surface area contributed by atoms with Crippen LogP contribution in [0.3, 0.4) is 0 Å². The molecular formula is C14H25Cl2N3O2S. The number of nitrogens with two attached hydrogens (primary N) is 1. The van der Waals surface area contributed by atoms with Crippen molar-refractivity contribution >= 4 is 42.1 Å². The lowest BCUT2D eigenvalue weighted by Crippen LogP contribution is -2.49. The molecule has 0 radical (unpaired) electrons. The number of ether oxygens (including phenoxy) is 1. The summed E-state index contributed by atoms with van der Waals surface area (Å²) in [5.41, 5.74) is 6.94. The van der Waals surface area contributed by atoms with E-state index in [1.165, 1.54) is 4.88 Å². The summed E-state index contributed by atoms with van der Waals surface area (Å²) in [6.45, 7) is 5.92. The van der Waals surface area contributed by atoms with Gasteiger partial charge >= 0.3 is 0 Å². The number of nitrogens with zero attached hydrogens (tertiary/aromatic N) is 2. The molecule has 5 nitrogen and oxygen atoms in total. The Balaban J connectivity index is 0.00000220. The lowest BCUT2D eigenvalue weighted by Gasteiger charge is -2.33. The van der Waals surface area contributed by atoms with Gasteiger partial charge in [-0.1, -0.05) is 0 Å². The standard InChI is InChI=1S/C14H23N3O2S.2ClH/c1-9-10(2)20-13(16-9)11-5-4-6-17(7-11)14(18)12(15)8-19-3;;/h11-12H,4-8,15H2,1-3H3;2*1H. The van der Waals surface area contributed by atoms with E-state index in [-0.39, 0.29) is 37.3 Å². The highest BCUT2D eigenvalue weighted by Gasteiger charge is 2.29. The molecule has 0 bridgehead atoms. The number of rotatable bonds is 4. The summed E-state index contributed by atoms with van der Waals surface area (Å²) in [7, 11) is 1.56. The predicted octanol–water partition coefficient (Wildman–Crippen LogP) is 2.28. The van der Waals surface area contributed by atoms with E-state index in [9.17, 15) is 4.79 Å². The molecule has 1 saturated heterocycles. The van der Waals surface area contributed by atoms with Crippen LogP contribution in [-0.2, 0) is 9.53 Å². The number of hydrogen-bond donors (Lipinski definition) is 1. The normalized spacial score (nSPS) is 19.1. The highest BCUT2D eigenvalue weighted by Crippen LogP contribution is 2.31. The molecule has 0 aromatic carbocycles. The van der Waals surface area contributed by atoms with E-state index >= 15 is 0 Å². The predicted molar refractivity (Wildman–Crippen MR) is 94.5 cm³/mol. The molecule has 1 amide bonds. The third-order valence-corrected chi connectivity index (χ3v) is 5.03. The summed E-state index contributed by atoms with van der Waals surface area (Å²) < 4.78 is 4.96. The van der Waals surface area contributed by atoms with E-state index in [0.29, 0.717) is 5.92 Å². The van der Waals surface area contributed by atoms with Crippen LogP contribution in [-0.4, -0.2) is 48.6 Å². The number of carbonyl (C=O) groups is 1. The number of likely N-dealkylation sites (tertiary alicyclic amines) is 1. The number of thiazole rings is 1. The van der Waals surface area contributed by atoms with Gasteiger partial charge in [-0.15, -0.1) is 36.2 Å². The van der Waals surface area contributed by atoms with E-state index in [1.54, 1.807) is 18.4 Å². The van der Waals surface area contributed by atoms with Crippen LogP contribution in [0.4, 0.5) is 0 Å². The molecule has 2 N–H and O–H groups in total. The summed E-state index contributed by atoms with van der Waals surface area (Å²) in [6.07, 6.45) is 2.10. The molecule has 2 unspecified atom stereocenters. The van der Waals surface area contributed by atoms with Gasteiger partial charge < -0.3 is 15.4 Å². The average Bonchev–Trinajstić information content (AvgIpc) is 2.78. The van der Waals surface area contributed by atoms with Crippen molar-refractivity contribution in [3.8, 4) is 0 Å². The zero-order valence-electron chi connectivity index (χ0n) is 13.2. The summed E-state index contributed by atoms with van der Waals surface area (Å²) in [5.74, 6) is 0.335. The van der Waals surface area contributed by atoms with Crippen molar-refractivity contribution in [2.75, 3.05) is 26.8 Å². The molecule has 0 spiro atoms. The van der Waals surface area contributed by atoms with E-state index in [0.717, 1.165) is 36.6 Å². The number of hydrogen-bond acceptors (Lipinski definition) is 5. The van der Waals surface area contributed by atoms with Crippen molar-refractivity contribution in [2.24, 2.45) is 5.73 Å². The average molecular weight is 370 g/mol. The van der Waals surface area contributed by atoms with Crippen LogP contribution in [0, 0.1) is 13.8 Å². The fourth-order valence-corrected chi connectivity index (χ4v) is 3.59. The lowest BCUT2D eigenvalue weighted by atomic mass is 9.98. The van der Waals surface area contributed by atoms with E-state index < -0.39 is 6.04 Å². The Morgan fingerprint density at radius 2 is 2.18 bits per heavy atom. The second kappa shape index (κ2) is 9.67. The van der Waals surface area contributed by atoms with Gasteiger partial charge in [0.15, 0.2) is 0 Å². The molecule has 1 aliphatic heterocycles. The summed E-state index contributed by atoms with van der Waals surface area (Å²) in [4.78, 5) is 20.0. The molecule has 22 heavy (non-hydrogen) atoms. The van der Waals surface area contributed by atoms with Gasteiger partial charge in [0.1, 0.15) is 6.04 Å². The third kappa shape index (κ3) is 5.06. The van der Waals surface area contributed by atoms with Gasteiger partial charge in [-0.2, -0.15) is 0 Å². The molecule has 1 fully saturated rings. The Morgan fingerprint density at radius 3 is 2.73 bits per heavy atom. The van der Waals surface area contributed by atoms with Crippen molar-refractivity contribution in [2.45, 2.75) is 38.6 Å². The second-order valence-electron chi connectivity index (χ2n) is 5.38. The smallest absolute Gasteiger partial charge is 0.241 e. The van der Waals surface area contributed by atoms with Crippen LogP contribution in [0.15, 0.2) is 0 Å². The number of halogens is 2. The van der Waals surface area contributed by atoms with Crippen molar-refractivity contribution < 1.29 is 9.53 Å². The number of amides is 1. The zero-order chi connectivity index (χ0) is 14.7. The topological polar surface area (TPSA) is 68.5 Å². The molecule has 1 aromatic heterocycles. The zero-order valence-corrected chi connectivity index (χ0v) is 15.7.